The smallest absolute Gasteiger partial charge is 0.123 e. The third-order valence-corrected chi connectivity index (χ3v) is 0.347. The number of hydrogen-bond donors (Lipinski definition) is 0. The molecule has 1 heterocycles. The first-order valence-corrected chi connectivity index (χ1v) is 1.34. The van der Waals surface area contributed by atoms with Gasteiger partial charge >= 0.3 is 0 Å². The normalized spacial score (nSPS) is 6.67. The Morgan fingerprint density at radius 1 is 1.50 bits per heavy atom. The molecule has 0 N–H and O–H groups in total. The molecule has 0 aromatic carbocycles. The van der Waals surface area contributed by atoms with E-state index in [1.165, 1.54) is 6.26 Å². The van der Waals surface area contributed by atoms with E-state index in [-0.39, 0.29) is 17.1 Å². The third kappa shape index (κ3) is 1.24. The molecule has 34 valence electrons. The number of rotatable bonds is 0. The fourth-order valence-corrected chi connectivity index (χ4v) is 0.176. The Labute approximate surface area is 46.0 Å². The van der Waals surface area contributed by atoms with E-state index in [1.807, 2.05) is 0 Å². The van der Waals surface area contributed by atoms with Gasteiger partial charge in [0.15, 0.2) is 0 Å². The molecule has 1 aromatic heterocycles. The summed E-state index contributed by atoms with van der Waals surface area (Å²) in [4.78, 5) is 0. The van der Waals surface area contributed by atoms with Crippen molar-refractivity contribution in [1.29, 1.82) is 0 Å². The SMILES string of the molecule is [Fe].c1cnoc1. The van der Waals surface area contributed by atoms with E-state index < -0.39 is 0 Å². The fourth-order valence-electron chi connectivity index (χ4n) is 0.176. The number of aromatic nitrogens is 1. The van der Waals surface area contributed by atoms with Crippen molar-refractivity contribution in [2.45, 2.75) is 0 Å². The van der Waals surface area contributed by atoms with Gasteiger partial charge in [0, 0.05) is 17.1 Å². The first-order chi connectivity index (χ1) is 2.50. The first kappa shape index (κ1) is 5.73. The van der Waals surface area contributed by atoms with Gasteiger partial charge in [-0.2, -0.15) is 0 Å². The van der Waals surface area contributed by atoms with E-state index in [1.54, 1.807) is 12.3 Å². The minimum Gasteiger partial charge on any atom is -0.365 e. The Morgan fingerprint density at radius 3 is 2.50 bits per heavy atom. The second kappa shape index (κ2) is 2.94. The Bertz CT molecular complexity index is 67.3. The Morgan fingerprint density at radius 2 is 2.33 bits per heavy atom. The van der Waals surface area contributed by atoms with Gasteiger partial charge < -0.3 is 4.52 Å². The van der Waals surface area contributed by atoms with Gasteiger partial charge in [-0.1, -0.05) is 5.16 Å². The number of hydrogen-bond acceptors (Lipinski definition) is 2. The van der Waals surface area contributed by atoms with Crippen molar-refractivity contribution in [3.8, 4) is 0 Å². The number of nitrogens with zero attached hydrogens (tertiary/aromatic N) is 1. The molecule has 0 atom stereocenters. The molecule has 1 rings (SSSR count). The Hall–Kier alpha value is -0.271. The average molecular weight is 125 g/mol. The summed E-state index contributed by atoms with van der Waals surface area (Å²) in [5.41, 5.74) is 0. The maximum Gasteiger partial charge on any atom is 0.123 e. The molecule has 0 bridgehead atoms. The van der Waals surface area contributed by atoms with Crippen LogP contribution in [0.15, 0.2) is 23.0 Å². The van der Waals surface area contributed by atoms with E-state index in [2.05, 4.69) is 9.68 Å². The van der Waals surface area contributed by atoms with Gasteiger partial charge in [-0.05, 0) is 6.07 Å². The summed E-state index contributed by atoms with van der Waals surface area (Å²) in [5.74, 6) is 0. The maximum absolute atomic E-state index is 4.33. The zero-order chi connectivity index (χ0) is 3.54. The molecular weight excluding hydrogens is 122 g/mol. The molecule has 2 nitrogen and oxygen atoms in total. The zero-order valence-electron chi connectivity index (χ0n) is 2.94. The molecule has 1 aromatic rings. The van der Waals surface area contributed by atoms with E-state index in [0.29, 0.717) is 0 Å². The van der Waals surface area contributed by atoms with Crippen LogP contribution in [0.4, 0.5) is 0 Å². The molecule has 0 saturated heterocycles. The van der Waals surface area contributed by atoms with Crippen LogP contribution in [0, 0.1) is 0 Å². The van der Waals surface area contributed by atoms with Gasteiger partial charge in [-0.25, -0.2) is 0 Å². The Kier molecular flexibility index (Phi) is 2.81. The maximum atomic E-state index is 4.33. The van der Waals surface area contributed by atoms with Crippen molar-refractivity contribution in [2.24, 2.45) is 0 Å². The van der Waals surface area contributed by atoms with Crippen molar-refractivity contribution in [2.75, 3.05) is 0 Å². The summed E-state index contributed by atoms with van der Waals surface area (Å²) >= 11 is 0. The predicted molar refractivity (Wildman–Crippen MR) is 16.5 cm³/mol. The molecule has 3 heteroatoms. The first-order valence-electron chi connectivity index (χ1n) is 1.34. The fraction of sp³-hybridized carbons (Fsp3) is 0. The van der Waals surface area contributed by atoms with Crippen LogP contribution >= 0.6 is 0 Å². The van der Waals surface area contributed by atoms with Crippen LogP contribution in [0.1, 0.15) is 0 Å². The molecule has 0 amide bonds. The molecule has 0 saturated carbocycles. The van der Waals surface area contributed by atoms with Gasteiger partial charge in [0.05, 0.1) is 6.20 Å². The van der Waals surface area contributed by atoms with Gasteiger partial charge in [0.2, 0.25) is 0 Å². The van der Waals surface area contributed by atoms with E-state index in [0.717, 1.165) is 0 Å². The summed E-state index contributed by atoms with van der Waals surface area (Å²) in [6.45, 7) is 0. The zero-order valence-corrected chi connectivity index (χ0v) is 4.05. The summed E-state index contributed by atoms with van der Waals surface area (Å²) < 4.78 is 4.33. The van der Waals surface area contributed by atoms with Crippen LogP contribution in [0.5, 0.6) is 0 Å². The van der Waals surface area contributed by atoms with Crippen molar-refractivity contribution >= 4 is 0 Å². The molecule has 6 heavy (non-hydrogen) atoms. The van der Waals surface area contributed by atoms with Crippen LogP contribution in [-0.2, 0) is 17.1 Å². The van der Waals surface area contributed by atoms with Crippen LogP contribution in [0.25, 0.3) is 0 Å². The van der Waals surface area contributed by atoms with Crippen molar-refractivity contribution in [3.05, 3.63) is 18.5 Å². The van der Waals surface area contributed by atoms with Gasteiger partial charge in [0.1, 0.15) is 6.26 Å². The molecule has 0 fully saturated rings. The third-order valence-electron chi connectivity index (χ3n) is 0.347. The summed E-state index contributed by atoms with van der Waals surface area (Å²) in [6, 6.07) is 1.72. The van der Waals surface area contributed by atoms with Gasteiger partial charge in [-0.3, -0.25) is 0 Å². The minimum atomic E-state index is 0. The topological polar surface area (TPSA) is 26.0 Å². The van der Waals surface area contributed by atoms with Crippen molar-refractivity contribution < 1.29 is 21.6 Å². The molecule has 0 unspecified atom stereocenters. The quantitative estimate of drug-likeness (QED) is 0.476. The van der Waals surface area contributed by atoms with E-state index >= 15 is 0 Å². The van der Waals surface area contributed by atoms with Crippen LogP contribution in [-0.4, -0.2) is 5.16 Å². The molecule has 0 radical (unpaired) electrons. The van der Waals surface area contributed by atoms with E-state index in [4.69, 9.17) is 0 Å². The van der Waals surface area contributed by atoms with Gasteiger partial charge in [0.25, 0.3) is 0 Å². The predicted octanol–water partition coefficient (Wildman–Crippen LogP) is 0.672. The summed E-state index contributed by atoms with van der Waals surface area (Å²) in [5, 5.41) is 3.35. The van der Waals surface area contributed by atoms with Crippen LogP contribution in [0.3, 0.4) is 0 Å². The molecule has 0 aliphatic rings. The van der Waals surface area contributed by atoms with Gasteiger partial charge in [-0.15, -0.1) is 0 Å². The van der Waals surface area contributed by atoms with Crippen molar-refractivity contribution in [1.82, 2.24) is 5.16 Å². The molecule has 0 aliphatic carbocycles. The van der Waals surface area contributed by atoms with Crippen molar-refractivity contribution in [3.63, 3.8) is 0 Å². The second-order valence-electron chi connectivity index (χ2n) is 0.688. The molecular formula is C3H3FeNO. The average Bonchev–Trinajstić information content (AvgIpc) is 1.76. The van der Waals surface area contributed by atoms with E-state index in [9.17, 15) is 0 Å². The standard InChI is InChI=1S/C3H3NO.Fe/c1-2-4-5-3-1;/h1-3H;. The van der Waals surface area contributed by atoms with Crippen LogP contribution < -0.4 is 0 Å². The molecule has 0 spiro atoms. The largest absolute Gasteiger partial charge is 0.365 e. The Balaban J connectivity index is 0.000000250. The monoisotopic (exact) mass is 125 g/mol. The van der Waals surface area contributed by atoms with Crippen LogP contribution in [0.2, 0.25) is 0 Å². The minimum absolute atomic E-state index is 0. The summed E-state index contributed by atoms with van der Waals surface area (Å²) in [6.07, 6.45) is 3.10. The molecule has 0 aliphatic heterocycles. The summed E-state index contributed by atoms with van der Waals surface area (Å²) in [7, 11) is 0. The second-order valence-corrected chi connectivity index (χ2v) is 0.688.